The lowest BCUT2D eigenvalue weighted by Crippen LogP contribution is -2.40. The minimum Gasteiger partial charge on any atom is -0.489 e. The Balaban J connectivity index is 1.53. The normalized spacial score (nSPS) is 15.0. The first-order valence-electron chi connectivity index (χ1n) is 13.2. The highest BCUT2D eigenvalue weighted by Gasteiger charge is 2.33. The average Bonchev–Trinajstić information content (AvgIpc) is 3.25. The van der Waals surface area contributed by atoms with E-state index in [9.17, 15) is 9.59 Å². The van der Waals surface area contributed by atoms with Gasteiger partial charge in [0.2, 0.25) is 0 Å². The molecule has 42 heavy (non-hydrogen) atoms. The van der Waals surface area contributed by atoms with Gasteiger partial charge in [0.25, 0.3) is 5.56 Å². The summed E-state index contributed by atoms with van der Waals surface area (Å²) in [5.74, 6) is 0.147. The van der Waals surface area contributed by atoms with Crippen LogP contribution in [0.2, 0.25) is 10.0 Å². The molecule has 0 radical (unpaired) electrons. The zero-order chi connectivity index (χ0) is 30.0. The highest BCUT2D eigenvalue weighted by molar-refractivity contribution is 7.98. The van der Waals surface area contributed by atoms with Crippen LogP contribution in [0.5, 0.6) is 5.75 Å². The second kappa shape index (κ2) is 12.9. The van der Waals surface area contributed by atoms with Gasteiger partial charge < -0.3 is 9.47 Å². The largest absolute Gasteiger partial charge is 0.489 e. The number of thiazole rings is 1. The lowest BCUT2D eigenvalue weighted by molar-refractivity contribution is -0.143. The number of benzene rings is 3. The van der Waals surface area contributed by atoms with Crippen LogP contribution in [0.15, 0.2) is 92.7 Å². The van der Waals surface area contributed by atoms with E-state index in [4.69, 9.17) is 32.7 Å². The number of nitrogens with zero attached hydrogens (tertiary/aromatic N) is 2. The van der Waals surface area contributed by atoms with Crippen molar-refractivity contribution in [1.82, 2.24) is 4.57 Å². The number of hydrogen-bond donors (Lipinski definition) is 0. The van der Waals surface area contributed by atoms with Gasteiger partial charge in [0.15, 0.2) is 4.80 Å². The number of rotatable bonds is 8. The molecule has 1 aliphatic heterocycles. The summed E-state index contributed by atoms with van der Waals surface area (Å²) in [6, 6.07) is 19.9. The van der Waals surface area contributed by atoms with E-state index in [0.717, 1.165) is 21.6 Å². The fourth-order valence-corrected chi connectivity index (χ4v) is 6.53. The summed E-state index contributed by atoms with van der Waals surface area (Å²) in [7, 11) is 0. The van der Waals surface area contributed by atoms with Gasteiger partial charge in [0, 0.05) is 20.5 Å². The van der Waals surface area contributed by atoms with Gasteiger partial charge in [-0.1, -0.05) is 64.9 Å². The zero-order valence-corrected chi connectivity index (χ0v) is 26.5. The molecule has 0 saturated carbocycles. The number of allylic oxidation sites excluding steroid dienone is 1. The molecule has 1 aromatic heterocycles. The van der Waals surface area contributed by atoms with E-state index in [1.54, 1.807) is 49.2 Å². The van der Waals surface area contributed by atoms with Crippen LogP contribution in [-0.4, -0.2) is 22.9 Å². The summed E-state index contributed by atoms with van der Waals surface area (Å²) in [6.07, 6.45) is 3.50. The van der Waals surface area contributed by atoms with Crippen LogP contribution in [0.25, 0.3) is 6.08 Å². The molecule has 5 rings (SSSR count). The van der Waals surface area contributed by atoms with Crippen molar-refractivity contribution in [2.45, 2.75) is 44.4 Å². The zero-order valence-electron chi connectivity index (χ0n) is 23.4. The Kier molecular flexibility index (Phi) is 9.28. The number of esters is 1. The van der Waals surface area contributed by atoms with Gasteiger partial charge in [-0.2, -0.15) is 0 Å². The molecule has 0 aliphatic carbocycles. The predicted molar refractivity (Wildman–Crippen MR) is 170 cm³/mol. The molecule has 0 N–H and O–H groups in total. The van der Waals surface area contributed by atoms with Crippen molar-refractivity contribution in [2.75, 3.05) is 6.26 Å². The lowest BCUT2D eigenvalue weighted by atomic mass is 9.96. The van der Waals surface area contributed by atoms with Gasteiger partial charge in [0.05, 0.1) is 27.9 Å². The quantitative estimate of drug-likeness (QED) is 0.157. The number of thioether (sulfide) groups is 1. The fraction of sp³-hybridized carbons (Fsp3) is 0.219. The molecule has 0 saturated heterocycles. The molecule has 3 aromatic carbocycles. The summed E-state index contributed by atoms with van der Waals surface area (Å²) in [5, 5.41) is 1.09. The maximum atomic E-state index is 13.9. The Morgan fingerprint density at radius 2 is 1.88 bits per heavy atom. The summed E-state index contributed by atoms with van der Waals surface area (Å²) < 4.78 is 13.6. The van der Waals surface area contributed by atoms with Gasteiger partial charge in [-0.3, -0.25) is 9.36 Å². The minimum atomic E-state index is -0.663. The number of carbonyl (C=O) groups is 1. The molecule has 0 unspecified atom stereocenters. The van der Waals surface area contributed by atoms with E-state index in [0.29, 0.717) is 36.4 Å². The number of fused-ring (bicyclic) bond motifs is 1. The minimum absolute atomic E-state index is 0.237. The van der Waals surface area contributed by atoms with E-state index in [2.05, 4.69) is 4.99 Å². The van der Waals surface area contributed by atoms with Crippen LogP contribution in [-0.2, 0) is 16.1 Å². The standard InChI is InChI=1S/C32H28Cl2N2O4S2/c1-18(2)40-31(38)28-19(3)35-32-36(29(28)21-9-12-25(41-4)13-10-21)30(37)27(42-32)15-20-6-5-7-24(14-20)39-17-22-8-11-23(33)16-26(22)34/h5-16,18,29H,17H2,1-4H3/b27-15-/t29-/m1/s1. The third kappa shape index (κ3) is 6.52. The monoisotopic (exact) mass is 638 g/mol. The molecule has 6 nitrogen and oxygen atoms in total. The van der Waals surface area contributed by atoms with Crippen molar-refractivity contribution in [2.24, 2.45) is 4.99 Å². The highest BCUT2D eigenvalue weighted by atomic mass is 35.5. The van der Waals surface area contributed by atoms with E-state index >= 15 is 0 Å². The van der Waals surface area contributed by atoms with Crippen LogP contribution in [0.1, 0.15) is 43.5 Å². The Bertz CT molecular complexity index is 1860. The molecule has 10 heteroatoms. The van der Waals surface area contributed by atoms with Crippen molar-refractivity contribution in [3.05, 3.63) is 124 Å². The summed E-state index contributed by atoms with van der Waals surface area (Å²) in [6.45, 7) is 5.65. The molecule has 1 atom stereocenters. The van der Waals surface area contributed by atoms with Crippen molar-refractivity contribution < 1.29 is 14.3 Å². The Hall–Kier alpha value is -3.30. The van der Waals surface area contributed by atoms with Gasteiger partial charge >= 0.3 is 5.97 Å². The molecule has 0 spiro atoms. The molecule has 0 amide bonds. The SMILES string of the molecule is CSc1ccc([C@@H]2C(C(=O)OC(C)C)=C(C)N=c3s/c(=C\c4cccc(OCc5ccc(Cl)cc5Cl)c4)c(=O)n32)cc1. The molecule has 0 fully saturated rings. The number of aromatic nitrogens is 1. The Morgan fingerprint density at radius 3 is 2.57 bits per heavy atom. The molecular weight excluding hydrogens is 611 g/mol. The first kappa shape index (κ1) is 30.2. The highest BCUT2D eigenvalue weighted by Crippen LogP contribution is 2.32. The average molecular weight is 640 g/mol. The number of carbonyl (C=O) groups excluding carboxylic acids is 1. The van der Waals surface area contributed by atoms with Gasteiger partial charge in [-0.25, -0.2) is 9.79 Å². The number of halogens is 2. The fourth-order valence-electron chi connectivity index (χ4n) is 4.61. The van der Waals surface area contributed by atoms with Crippen LogP contribution in [0.3, 0.4) is 0 Å². The molecule has 4 aromatic rings. The first-order valence-corrected chi connectivity index (χ1v) is 16.0. The van der Waals surface area contributed by atoms with Gasteiger partial charge in [-0.05, 0) is 80.6 Å². The van der Waals surface area contributed by atoms with Crippen molar-refractivity contribution in [3.63, 3.8) is 0 Å². The Labute approximate surface area is 261 Å². The first-order chi connectivity index (χ1) is 20.1. The van der Waals surface area contributed by atoms with Crippen LogP contribution >= 0.6 is 46.3 Å². The van der Waals surface area contributed by atoms with E-state index in [1.807, 2.05) is 66.9 Å². The second-order valence-electron chi connectivity index (χ2n) is 9.91. The molecule has 216 valence electrons. The predicted octanol–water partition coefficient (Wildman–Crippen LogP) is 6.79. The summed E-state index contributed by atoms with van der Waals surface area (Å²) in [4.78, 5) is 33.5. The maximum absolute atomic E-state index is 13.9. The van der Waals surface area contributed by atoms with E-state index < -0.39 is 12.0 Å². The van der Waals surface area contributed by atoms with Crippen LogP contribution in [0, 0.1) is 0 Å². The van der Waals surface area contributed by atoms with E-state index in [1.165, 1.54) is 11.3 Å². The van der Waals surface area contributed by atoms with Gasteiger partial charge in [-0.15, -0.1) is 11.8 Å². The number of hydrogen-bond acceptors (Lipinski definition) is 7. The van der Waals surface area contributed by atoms with Crippen molar-refractivity contribution >= 4 is 58.3 Å². The van der Waals surface area contributed by atoms with E-state index in [-0.39, 0.29) is 18.3 Å². The summed E-state index contributed by atoms with van der Waals surface area (Å²) in [5.41, 5.74) is 3.06. The third-order valence-electron chi connectivity index (χ3n) is 6.58. The lowest BCUT2D eigenvalue weighted by Gasteiger charge is -2.25. The smallest absolute Gasteiger partial charge is 0.338 e. The van der Waals surface area contributed by atoms with Crippen molar-refractivity contribution in [1.29, 1.82) is 0 Å². The topological polar surface area (TPSA) is 69.9 Å². The molecule has 1 aliphatic rings. The van der Waals surface area contributed by atoms with Crippen LogP contribution < -0.4 is 19.6 Å². The maximum Gasteiger partial charge on any atom is 0.338 e. The molecular formula is C32H28Cl2N2O4S2. The second-order valence-corrected chi connectivity index (χ2v) is 12.6. The van der Waals surface area contributed by atoms with Gasteiger partial charge in [0.1, 0.15) is 12.4 Å². The third-order valence-corrected chi connectivity index (χ3v) is 8.89. The molecule has 0 bridgehead atoms. The van der Waals surface area contributed by atoms with Crippen LogP contribution in [0.4, 0.5) is 0 Å². The Morgan fingerprint density at radius 1 is 1.12 bits per heavy atom. The molecule has 2 heterocycles. The summed E-state index contributed by atoms with van der Waals surface area (Å²) >= 11 is 15.2. The van der Waals surface area contributed by atoms with Crippen molar-refractivity contribution in [3.8, 4) is 5.75 Å². The number of ether oxygens (including phenoxy) is 2.